The summed E-state index contributed by atoms with van der Waals surface area (Å²) >= 11 is 0. The van der Waals surface area contributed by atoms with Crippen molar-refractivity contribution < 1.29 is 23.9 Å². The van der Waals surface area contributed by atoms with Gasteiger partial charge in [0.1, 0.15) is 12.5 Å². The van der Waals surface area contributed by atoms with Gasteiger partial charge in [-0.05, 0) is 16.7 Å². The lowest BCUT2D eigenvalue weighted by molar-refractivity contribution is -0.154. The van der Waals surface area contributed by atoms with Gasteiger partial charge in [0.2, 0.25) is 5.91 Å². The molecule has 3 aromatic carbocycles. The zero-order chi connectivity index (χ0) is 24.3. The Kier molecular flexibility index (Phi) is 8.74. The largest absolute Gasteiger partial charge is 0.469 e. The predicted octanol–water partition coefficient (Wildman–Crippen LogP) is 4.25. The van der Waals surface area contributed by atoms with Crippen LogP contribution in [0.1, 0.15) is 23.1 Å². The van der Waals surface area contributed by atoms with Crippen LogP contribution in [-0.4, -0.2) is 43.0 Å². The van der Waals surface area contributed by atoms with E-state index in [-0.39, 0.29) is 6.42 Å². The molecule has 34 heavy (non-hydrogen) atoms. The topological polar surface area (TPSA) is 72.9 Å². The summed E-state index contributed by atoms with van der Waals surface area (Å²) < 4.78 is 9.77. The van der Waals surface area contributed by atoms with Crippen molar-refractivity contribution in [2.75, 3.05) is 14.2 Å². The standard InChI is InChI=1S/C28H27NO5/c1-33-27(31)19-26(30)29(25(28(32)34-2)18-21-12-6-3-7-13-21)20-24(22-14-8-4-9-15-22)23-16-10-5-11-17-23/h3-17,20,25H,18-19H2,1-2H3. The van der Waals surface area contributed by atoms with E-state index >= 15 is 0 Å². The molecular formula is C28H27NO5. The summed E-state index contributed by atoms with van der Waals surface area (Å²) in [6, 6.07) is 27.4. The highest BCUT2D eigenvalue weighted by Gasteiger charge is 2.31. The molecule has 3 rings (SSSR count). The SMILES string of the molecule is COC(=O)CC(=O)N(C=C(c1ccccc1)c1ccccc1)C(Cc1ccccc1)C(=O)OC. The van der Waals surface area contributed by atoms with Crippen molar-refractivity contribution in [3.05, 3.63) is 114 Å². The average molecular weight is 458 g/mol. The van der Waals surface area contributed by atoms with Gasteiger partial charge in [0.15, 0.2) is 0 Å². The first-order chi connectivity index (χ1) is 16.5. The third-order valence-corrected chi connectivity index (χ3v) is 5.33. The molecule has 0 aromatic heterocycles. The maximum atomic E-state index is 13.3. The Morgan fingerprint density at radius 1 is 0.765 bits per heavy atom. The number of ether oxygens (including phenoxy) is 2. The van der Waals surface area contributed by atoms with E-state index < -0.39 is 30.3 Å². The van der Waals surface area contributed by atoms with Gasteiger partial charge in [0, 0.05) is 18.2 Å². The van der Waals surface area contributed by atoms with E-state index in [4.69, 9.17) is 9.47 Å². The maximum absolute atomic E-state index is 13.3. The van der Waals surface area contributed by atoms with E-state index in [1.165, 1.54) is 19.1 Å². The minimum Gasteiger partial charge on any atom is -0.469 e. The Morgan fingerprint density at radius 3 is 1.74 bits per heavy atom. The molecular weight excluding hydrogens is 430 g/mol. The number of carbonyl (C=O) groups is 3. The predicted molar refractivity (Wildman–Crippen MR) is 129 cm³/mol. The quantitative estimate of drug-likeness (QED) is 0.355. The third-order valence-electron chi connectivity index (χ3n) is 5.33. The molecule has 6 heteroatoms. The van der Waals surface area contributed by atoms with Crippen molar-refractivity contribution in [2.45, 2.75) is 18.9 Å². The van der Waals surface area contributed by atoms with E-state index in [0.717, 1.165) is 22.3 Å². The van der Waals surface area contributed by atoms with Crippen LogP contribution in [-0.2, 0) is 30.3 Å². The maximum Gasteiger partial charge on any atom is 0.329 e. The lowest BCUT2D eigenvalue weighted by Crippen LogP contribution is -2.44. The number of carbonyl (C=O) groups excluding carboxylic acids is 3. The highest BCUT2D eigenvalue weighted by molar-refractivity contribution is 5.97. The van der Waals surface area contributed by atoms with Crippen LogP contribution >= 0.6 is 0 Å². The number of methoxy groups -OCH3 is 2. The first kappa shape index (κ1) is 24.5. The first-order valence-electron chi connectivity index (χ1n) is 10.9. The van der Waals surface area contributed by atoms with E-state index in [1.54, 1.807) is 6.20 Å². The number of hydrogen-bond acceptors (Lipinski definition) is 5. The zero-order valence-electron chi connectivity index (χ0n) is 19.2. The molecule has 0 aliphatic carbocycles. The summed E-state index contributed by atoms with van der Waals surface area (Å²) in [5.41, 5.74) is 3.28. The molecule has 3 aromatic rings. The highest BCUT2D eigenvalue weighted by Crippen LogP contribution is 2.26. The summed E-state index contributed by atoms with van der Waals surface area (Å²) in [7, 11) is 2.50. The second-order valence-electron chi connectivity index (χ2n) is 7.56. The Bertz CT molecular complexity index is 1090. The Balaban J connectivity index is 2.15. The van der Waals surface area contributed by atoms with Gasteiger partial charge in [0.05, 0.1) is 14.2 Å². The van der Waals surface area contributed by atoms with Crippen LogP contribution in [0.25, 0.3) is 5.57 Å². The van der Waals surface area contributed by atoms with Crippen molar-refractivity contribution in [3.63, 3.8) is 0 Å². The average Bonchev–Trinajstić information content (AvgIpc) is 2.89. The molecule has 0 heterocycles. The normalized spacial score (nSPS) is 11.1. The van der Waals surface area contributed by atoms with Gasteiger partial charge in [0.25, 0.3) is 0 Å². The number of hydrogen-bond donors (Lipinski definition) is 0. The van der Waals surface area contributed by atoms with Gasteiger partial charge in [-0.2, -0.15) is 0 Å². The molecule has 0 saturated heterocycles. The van der Waals surface area contributed by atoms with Crippen molar-refractivity contribution in [2.24, 2.45) is 0 Å². The first-order valence-corrected chi connectivity index (χ1v) is 10.9. The number of nitrogens with zero attached hydrogens (tertiary/aromatic N) is 1. The number of benzene rings is 3. The fraction of sp³-hybridized carbons (Fsp3) is 0.179. The molecule has 0 saturated carbocycles. The van der Waals surface area contributed by atoms with Crippen LogP contribution in [0.4, 0.5) is 0 Å². The molecule has 0 aliphatic rings. The van der Waals surface area contributed by atoms with Gasteiger partial charge >= 0.3 is 11.9 Å². The number of esters is 2. The van der Waals surface area contributed by atoms with Crippen LogP contribution in [0.3, 0.4) is 0 Å². The molecule has 0 spiro atoms. The fourth-order valence-electron chi connectivity index (χ4n) is 3.58. The Labute approximate surface area is 199 Å². The van der Waals surface area contributed by atoms with E-state index in [2.05, 4.69) is 0 Å². The Morgan fingerprint density at radius 2 is 1.26 bits per heavy atom. The lowest BCUT2D eigenvalue weighted by Gasteiger charge is -2.28. The van der Waals surface area contributed by atoms with Gasteiger partial charge in [-0.3, -0.25) is 9.59 Å². The molecule has 0 aliphatic heterocycles. The minimum absolute atomic E-state index is 0.216. The summed E-state index contributed by atoms with van der Waals surface area (Å²) in [5.74, 6) is -1.84. The van der Waals surface area contributed by atoms with E-state index in [9.17, 15) is 14.4 Å². The summed E-state index contributed by atoms with van der Waals surface area (Å²) in [4.78, 5) is 39.5. The molecule has 0 N–H and O–H groups in total. The monoisotopic (exact) mass is 457 g/mol. The molecule has 174 valence electrons. The molecule has 1 atom stereocenters. The highest BCUT2D eigenvalue weighted by atomic mass is 16.5. The summed E-state index contributed by atoms with van der Waals surface area (Å²) in [6.07, 6.45) is 1.33. The van der Waals surface area contributed by atoms with E-state index in [0.29, 0.717) is 0 Å². The van der Waals surface area contributed by atoms with Gasteiger partial charge in [-0.15, -0.1) is 0 Å². The summed E-state index contributed by atoms with van der Waals surface area (Å²) in [6.45, 7) is 0. The van der Waals surface area contributed by atoms with Crippen LogP contribution in [0, 0.1) is 0 Å². The smallest absolute Gasteiger partial charge is 0.329 e. The zero-order valence-corrected chi connectivity index (χ0v) is 19.2. The van der Waals surface area contributed by atoms with Crippen LogP contribution < -0.4 is 0 Å². The Hall–Kier alpha value is -4.19. The van der Waals surface area contributed by atoms with Crippen molar-refractivity contribution in [1.29, 1.82) is 0 Å². The molecule has 1 amide bonds. The van der Waals surface area contributed by atoms with Gasteiger partial charge < -0.3 is 14.4 Å². The molecule has 0 bridgehead atoms. The van der Waals surface area contributed by atoms with Crippen LogP contribution in [0.2, 0.25) is 0 Å². The molecule has 1 unspecified atom stereocenters. The lowest BCUT2D eigenvalue weighted by atomic mass is 9.97. The second kappa shape index (κ2) is 12.2. The van der Waals surface area contributed by atoms with Crippen molar-refractivity contribution in [3.8, 4) is 0 Å². The number of amides is 1. The van der Waals surface area contributed by atoms with Gasteiger partial charge in [-0.25, -0.2) is 4.79 Å². The van der Waals surface area contributed by atoms with E-state index in [1.807, 2.05) is 91.0 Å². The van der Waals surface area contributed by atoms with Gasteiger partial charge in [-0.1, -0.05) is 91.0 Å². The van der Waals surface area contributed by atoms with Crippen LogP contribution in [0.15, 0.2) is 97.2 Å². The molecule has 6 nitrogen and oxygen atoms in total. The fourth-order valence-corrected chi connectivity index (χ4v) is 3.58. The van der Waals surface area contributed by atoms with Crippen LogP contribution in [0.5, 0.6) is 0 Å². The molecule has 0 radical (unpaired) electrons. The third kappa shape index (κ3) is 6.42. The summed E-state index contributed by atoms with van der Waals surface area (Å²) in [5, 5.41) is 0. The number of rotatable bonds is 9. The minimum atomic E-state index is -0.980. The van der Waals surface area contributed by atoms with Crippen molar-refractivity contribution in [1.82, 2.24) is 4.90 Å². The second-order valence-corrected chi connectivity index (χ2v) is 7.56. The molecule has 0 fully saturated rings. The van der Waals surface area contributed by atoms with Crippen molar-refractivity contribution >= 4 is 23.4 Å².